The van der Waals surface area contributed by atoms with Gasteiger partial charge in [-0.05, 0) is 23.8 Å². The Balaban J connectivity index is 1.34. The van der Waals surface area contributed by atoms with E-state index in [4.69, 9.17) is 0 Å². The number of nitrogens with zero attached hydrogens (tertiary/aromatic N) is 3. The van der Waals surface area contributed by atoms with Crippen LogP contribution in [0.2, 0.25) is 0 Å². The normalized spacial score (nSPS) is 11.0. The molecule has 0 saturated heterocycles. The number of hydrogen-bond donors (Lipinski definition) is 1. The van der Waals surface area contributed by atoms with Crippen LogP contribution in [0.5, 0.6) is 0 Å². The van der Waals surface area contributed by atoms with Crippen molar-refractivity contribution in [3.05, 3.63) is 73.7 Å². The van der Waals surface area contributed by atoms with Crippen LogP contribution in [0.1, 0.15) is 11.3 Å². The number of amides is 1. The van der Waals surface area contributed by atoms with Crippen LogP contribution in [0.3, 0.4) is 0 Å². The van der Waals surface area contributed by atoms with Gasteiger partial charge in [-0.3, -0.25) is 14.9 Å². The van der Waals surface area contributed by atoms with E-state index >= 15 is 0 Å². The van der Waals surface area contributed by atoms with Crippen LogP contribution >= 0.6 is 50.4 Å². The van der Waals surface area contributed by atoms with E-state index in [0.717, 1.165) is 14.6 Å². The summed E-state index contributed by atoms with van der Waals surface area (Å²) in [6.45, 7) is 0. The lowest BCUT2D eigenvalue weighted by Gasteiger charge is -2.00. The molecule has 0 saturated carbocycles. The van der Waals surface area contributed by atoms with Crippen LogP contribution in [0.25, 0.3) is 10.2 Å². The molecule has 0 unspecified atom stereocenters. The number of benzene rings is 2. The Morgan fingerprint density at radius 3 is 2.77 bits per heavy atom. The molecule has 0 aliphatic carbocycles. The molecule has 4 aromatic rings. The van der Waals surface area contributed by atoms with Gasteiger partial charge in [0.05, 0.1) is 27.3 Å². The number of aromatic nitrogens is 2. The fourth-order valence-corrected chi connectivity index (χ4v) is 5.55. The minimum atomic E-state index is -0.452. The number of carbonyl (C=O) groups excluding carboxylic acids is 1. The maximum absolute atomic E-state index is 12.4. The van der Waals surface area contributed by atoms with Gasteiger partial charge in [0, 0.05) is 27.7 Å². The number of thiazole rings is 2. The zero-order valence-electron chi connectivity index (χ0n) is 15.2. The first-order valence-corrected chi connectivity index (χ1v) is 12.1. The second-order valence-corrected chi connectivity index (χ2v) is 10.2. The van der Waals surface area contributed by atoms with Gasteiger partial charge in [0.2, 0.25) is 5.91 Å². The van der Waals surface area contributed by atoms with Crippen molar-refractivity contribution in [1.29, 1.82) is 0 Å². The topological polar surface area (TPSA) is 98.0 Å². The Morgan fingerprint density at radius 1 is 1.20 bits per heavy atom. The van der Waals surface area contributed by atoms with E-state index < -0.39 is 4.92 Å². The maximum Gasteiger partial charge on any atom is 0.270 e. The highest BCUT2D eigenvalue weighted by Crippen LogP contribution is 2.30. The molecule has 2 aromatic heterocycles. The quantitative estimate of drug-likeness (QED) is 0.185. The Bertz CT molecular complexity index is 1220. The number of hydrogen-bond acceptors (Lipinski definition) is 8. The van der Waals surface area contributed by atoms with E-state index in [9.17, 15) is 14.9 Å². The van der Waals surface area contributed by atoms with Crippen molar-refractivity contribution in [2.75, 3.05) is 5.32 Å². The van der Waals surface area contributed by atoms with Gasteiger partial charge in [-0.15, -0.1) is 11.3 Å². The lowest BCUT2D eigenvalue weighted by atomic mass is 10.2. The average Bonchev–Trinajstić information content (AvgIpc) is 3.32. The summed E-state index contributed by atoms with van der Waals surface area (Å²) in [5.41, 5.74) is 2.52. The highest BCUT2D eigenvalue weighted by molar-refractivity contribution is 9.10. The van der Waals surface area contributed by atoms with Gasteiger partial charge >= 0.3 is 0 Å². The first-order valence-electron chi connectivity index (χ1n) is 8.63. The second kappa shape index (κ2) is 9.21. The largest absolute Gasteiger partial charge is 0.302 e. The highest BCUT2D eigenvalue weighted by atomic mass is 79.9. The number of nitro benzene ring substituents is 1. The van der Waals surface area contributed by atoms with Crippen LogP contribution < -0.4 is 5.32 Å². The van der Waals surface area contributed by atoms with Crippen molar-refractivity contribution >= 4 is 77.3 Å². The number of carbonyl (C=O) groups is 1. The van der Waals surface area contributed by atoms with Crippen molar-refractivity contribution in [2.24, 2.45) is 0 Å². The molecule has 1 amide bonds. The van der Waals surface area contributed by atoms with Crippen molar-refractivity contribution in [1.82, 2.24) is 9.97 Å². The lowest BCUT2D eigenvalue weighted by molar-refractivity contribution is -0.384. The van der Waals surface area contributed by atoms with Crippen molar-refractivity contribution in [3.63, 3.8) is 0 Å². The maximum atomic E-state index is 12.4. The van der Waals surface area contributed by atoms with Crippen molar-refractivity contribution in [3.8, 4) is 0 Å². The van der Waals surface area contributed by atoms with Gasteiger partial charge in [-0.2, -0.15) is 0 Å². The molecule has 0 atom stereocenters. The third-order valence-corrected chi connectivity index (χ3v) is 7.58. The van der Waals surface area contributed by atoms with Gasteiger partial charge in [0.25, 0.3) is 5.69 Å². The molecule has 0 aliphatic heterocycles. The van der Waals surface area contributed by atoms with E-state index in [1.54, 1.807) is 17.8 Å². The molecule has 0 spiro atoms. The summed E-state index contributed by atoms with van der Waals surface area (Å²) < 4.78 is 2.61. The smallest absolute Gasteiger partial charge is 0.270 e. The van der Waals surface area contributed by atoms with Gasteiger partial charge in [-0.1, -0.05) is 51.2 Å². The summed E-state index contributed by atoms with van der Waals surface area (Å²) in [7, 11) is 0. The Labute approximate surface area is 191 Å². The van der Waals surface area contributed by atoms with Gasteiger partial charge in [-0.25, -0.2) is 9.97 Å². The average molecular weight is 521 g/mol. The number of non-ortho nitro benzene ring substituents is 1. The Kier molecular flexibility index (Phi) is 6.42. The van der Waals surface area contributed by atoms with Gasteiger partial charge in [0.15, 0.2) is 5.13 Å². The summed E-state index contributed by atoms with van der Waals surface area (Å²) >= 11 is 7.78. The summed E-state index contributed by atoms with van der Waals surface area (Å²) in [5, 5.41) is 15.9. The molecule has 0 radical (unpaired) electrons. The number of nitrogens with one attached hydrogen (secondary N) is 1. The number of nitro groups is 1. The molecule has 2 aromatic carbocycles. The number of fused-ring (bicyclic) bond motifs is 1. The first kappa shape index (κ1) is 20.9. The van der Waals surface area contributed by atoms with Gasteiger partial charge < -0.3 is 5.32 Å². The van der Waals surface area contributed by atoms with E-state index in [2.05, 4.69) is 43.3 Å². The highest BCUT2D eigenvalue weighted by Gasteiger charge is 2.13. The van der Waals surface area contributed by atoms with E-state index in [1.807, 2.05) is 17.5 Å². The van der Waals surface area contributed by atoms with Crippen LogP contribution in [0, 0.1) is 10.1 Å². The third-order valence-electron chi connectivity index (χ3n) is 3.98. The predicted octanol–water partition coefficient (Wildman–Crippen LogP) is 5.90. The molecule has 7 nitrogen and oxygen atoms in total. The fourth-order valence-electron chi connectivity index (χ4n) is 2.57. The molecule has 0 bridgehead atoms. The number of thioether (sulfide) groups is 1. The molecule has 2 heterocycles. The molecule has 11 heteroatoms. The van der Waals surface area contributed by atoms with Crippen LogP contribution in [0.15, 0.2) is 56.7 Å². The molecule has 1 N–H and O–H groups in total. The predicted molar refractivity (Wildman–Crippen MR) is 124 cm³/mol. The SMILES string of the molecule is O=C(Cc1csc(SCc2ccc(Br)cc2)n1)Nc1nc2ccc([N+](=O)[O-])cc2s1. The molecular weight excluding hydrogens is 508 g/mol. The Hall–Kier alpha value is -2.34. The van der Waals surface area contributed by atoms with Crippen LogP contribution in [-0.2, 0) is 17.0 Å². The lowest BCUT2D eigenvalue weighted by Crippen LogP contribution is -2.14. The molecule has 152 valence electrons. The minimum absolute atomic E-state index is 0.000309. The summed E-state index contributed by atoms with van der Waals surface area (Å²) in [6.07, 6.45) is 0.144. The Morgan fingerprint density at radius 2 is 2.00 bits per heavy atom. The van der Waals surface area contributed by atoms with Gasteiger partial charge in [0.1, 0.15) is 4.34 Å². The molecule has 30 heavy (non-hydrogen) atoms. The van der Waals surface area contributed by atoms with E-state index in [1.165, 1.54) is 40.4 Å². The number of rotatable bonds is 7. The molecule has 4 rings (SSSR count). The van der Waals surface area contributed by atoms with Crippen molar-refractivity contribution in [2.45, 2.75) is 16.5 Å². The molecular formula is C19H13BrN4O3S3. The minimum Gasteiger partial charge on any atom is -0.302 e. The zero-order chi connectivity index (χ0) is 21.1. The summed E-state index contributed by atoms with van der Waals surface area (Å²) in [4.78, 5) is 31.6. The molecule has 0 fully saturated rings. The van der Waals surface area contributed by atoms with E-state index in [0.29, 0.717) is 21.0 Å². The third kappa shape index (κ3) is 5.22. The zero-order valence-corrected chi connectivity index (χ0v) is 19.2. The second-order valence-electron chi connectivity index (χ2n) is 6.17. The number of halogens is 1. The van der Waals surface area contributed by atoms with Crippen LogP contribution in [-0.4, -0.2) is 20.8 Å². The summed E-state index contributed by atoms with van der Waals surface area (Å²) in [6, 6.07) is 12.6. The molecule has 0 aliphatic rings. The summed E-state index contributed by atoms with van der Waals surface area (Å²) in [5.74, 6) is 0.586. The fraction of sp³-hybridized carbons (Fsp3) is 0.105. The van der Waals surface area contributed by atoms with Crippen LogP contribution in [0.4, 0.5) is 10.8 Å². The monoisotopic (exact) mass is 520 g/mol. The number of anilines is 1. The van der Waals surface area contributed by atoms with E-state index in [-0.39, 0.29) is 18.0 Å². The van der Waals surface area contributed by atoms with Crippen molar-refractivity contribution < 1.29 is 9.72 Å². The first-order chi connectivity index (χ1) is 14.5. The standard InChI is InChI=1S/C19H13BrN4O3S3/c20-12-3-1-11(2-4-12)9-28-19-21-13(10-29-19)7-17(25)23-18-22-15-6-5-14(24(26)27)8-16(15)30-18/h1-6,8,10H,7,9H2,(H,22,23,25).